The molecule has 0 saturated carbocycles. The average Bonchev–Trinajstić information content (AvgIpc) is 2.81. The zero-order chi connectivity index (χ0) is 12.3. The number of nitrogens with one attached hydrogen (secondary N) is 1. The second-order valence-corrected chi connectivity index (χ2v) is 5.37. The van der Waals surface area contributed by atoms with E-state index < -0.39 is 0 Å². The van der Waals surface area contributed by atoms with Crippen molar-refractivity contribution in [1.82, 2.24) is 20.2 Å². The van der Waals surface area contributed by atoms with Gasteiger partial charge in [-0.1, -0.05) is 13.5 Å². The van der Waals surface area contributed by atoms with Gasteiger partial charge in [-0.3, -0.25) is 5.10 Å². The SMILES string of the molecule is C=C1c2[nH]nc3ncnc(c23)N2CC(C)CCC12. The van der Waals surface area contributed by atoms with Crippen molar-refractivity contribution >= 4 is 22.4 Å². The van der Waals surface area contributed by atoms with Crippen LogP contribution in [-0.4, -0.2) is 32.8 Å². The topological polar surface area (TPSA) is 57.7 Å². The predicted molar refractivity (Wildman–Crippen MR) is 70.2 cm³/mol. The maximum Gasteiger partial charge on any atom is 0.186 e. The molecule has 4 rings (SSSR count). The molecule has 5 nitrogen and oxygen atoms in total. The van der Waals surface area contributed by atoms with E-state index in [1.54, 1.807) is 6.33 Å². The minimum absolute atomic E-state index is 0.368. The van der Waals surface area contributed by atoms with Crippen LogP contribution in [-0.2, 0) is 0 Å². The monoisotopic (exact) mass is 241 g/mol. The molecule has 0 spiro atoms. The number of hydrogen-bond donors (Lipinski definition) is 1. The lowest BCUT2D eigenvalue weighted by Crippen LogP contribution is -2.45. The van der Waals surface area contributed by atoms with Gasteiger partial charge in [-0.2, -0.15) is 5.10 Å². The van der Waals surface area contributed by atoms with Gasteiger partial charge >= 0.3 is 0 Å². The fourth-order valence-corrected chi connectivity index (χ4v) is 3.21. The van der Waals surface area contributed by atoms with Crippen LogP contribution in [0.3, 0.4) is 0 Å². The number of aromatic amines is 1. The van der Waals surface area contributed by atoms with E-state index in [1.807, 2.05) is 0 Å². The summed E-state index contributed by atoms with van der Waals surface area (Å²) in [4.78, 5) is 11.1. The number of H-pyrrole nitrogens is 1. The van der Waals surface area contributed by atoms with Crippen LogP contribution in [0.1, 0.15) is 25.5 Å². The molecule has 2 aromatic heterocycles. The van der Waals surface area contributed by atoms with E-state index in [1.165, 1.54) is 6.42 Å². The van der Waals surface area contributed by atoms with Crippen LogP contribution in [0.5, 0.6) is 0 Å². The first kappa shape index (κ1) is 10.1. The molecular weight excluding hydrogens is 226 g/mol. The van der Waals surface area contributed by atoms with Crippen molar-refractivity contribution in [2.75, 3.05) is 11.4 Å². The van der Waals surface area contributed by atoms with E-state index in [-0.39, 0.29) is 0 Å². The lowest BCUT2D eigenvalue weighted by atomic mass is 9.86. The molecule has 0 aromatic carbocycles. The summed E-state index contributed by atoms with van der Waals surface area (Å²) in [6.45, 7) is 7.59. The van der Waals surface area contributed by atoms with Crippen molar-refractivity contribution in [2.45, 2.75) is 25.8 Å². The van der Waals surface area contributed by atoms with E-state index >= 15 is 0 Å². The Morgan fingerprint density at radius 2 is 2.28 bits per heavy atom. The summed E-state index contributed by atoms with van der Waals surface area (Å²) in [5, 5.41) is 8.36. The molecule has 2 aliphatic heterocycles. The van der Waals surface area contributed by atoms with Gasteiger partial charge in [-0.15, -0.1) is 0 Å². The van der Waals surface area contributed by atoms with Crippen LogP contribution in [0.15, 0.2) is 12.9 Å². The molecule has 2 unspecified atom stereocenters. The fraction of sp³-hybridized carbons (Fsp3) is 0.462. The largest absolute Gasteiger partial charge is 0.349 e. The van der Waals surface area contributed by atoms with Gasteiger partial charge in [0.1, 0.15) is 12.1 Å². The summed E-state index contributed by atoms with van der Waals surface area (Å²) < 4.78 is 0. The molecule has 2 aliphatic rings. The van der Waals surface area contributed by atoms with E-state index in [4.69, 9.17) is 0 Å². The number of rotatable bonds is 0. The number of piperidine rings is 1. The van der Waals surface area contributed by atoms with Crippen molar-refractivity contribution in [3.05, 3.63) is 18.6 Å². The lowest BCUT2D eigenvalue weighted by molar-refractivity contribution is 0.410. The molecule has 0 aliphatic carbocycles. The maximum atomic E-state index is 4.48. The highest BCUT2D eigenvalue weighted by molar-refractivity contribution is 6.00. The molecule has 92 valence electrons. The fourth-order valence-electron chi connectivity index (χ4n) is 3.21. The molecule has 2 atom stereocenters. The zero-order valence-electron chi connectivity index (χ0n) is 10.3. The lowest BCUT2D eigenvalue weighted by Gasteiger charge is -2.42. The summed E-state index contributed by atoms with van der Waals surface area (Å²) >= 11 is 0. The van der Waals surface area contributed by atoms with Gasteiger partial charge in [-0.25, -0.2) is 9.97 Å². The van der Waals surface area contributed by atoms with Crippen molar-refractivity contribution in [3.63, 3.8) is 0 Å². The van der Waals surface area contributed by atoms with Gasteiger partial charge in [0.15, 0.2) is 5.65 Å². The first-order chi connectivity index (χ1) is 8.75. The van der Waals surface area contributed by atoms with Gasteiger partial charge < -0.3 is 4.90 Å². The molecule has 1 saturated heterocycles. The van der Waals surface area contributed by atoms with Crippen LogP contribution in [0, 0.1) is 5.92 Å². The summed E-state index contributed by atoms with van der Waals surface area (Å²) in [5.74, 6) is 1.72. The second kappa shape index (κ2) is 3.31. The highest BCUT2D eigenvalue weighted by Crippen LogP contribution is 2.42. The molecule has 1 N–H and O–H groups in total. The van der Waals surface area contributed by atoms with E-state index in [0.717, 1.165) is 41.1 Å². The number of anilines is 1. The molecule has 2 aromatic rings. The van der Waals surface area contributed by atoms with Crippen molar-refractivity contribution in [3.8, 4) is 0 Å². The standard InChI is InChI=1S/C13H15N5/c1-7-3-4-9-8(2)11-10-12(17-16-11)14-6-15-13(10)18(9)5-7/h6-7,9H,2-5H2,1H3,(H,14,15,16,17). The van der Waals surface area contributed by atoms with Crippen LogP contribution >= 0.6 is 0 Å². The summed E-state index contributed by atoms with van der Waals surface area (Å²) in [6, 6.07) is 0.368. The summed E-state index contributed by atoms with van der Waals surface area (Å²) in [5.41, 5.74) is 2.90. The summed E-state index contributed by atoms with van der Waals surface area (Å²) in [6.07, 6.45) is 3.99. The number of nitrogens with zero attached hydrogens (tertiary/aromatic N) is 4. The second-order valence-electron chi connectivity index (χ2n) is 5.37. The third kappa shape index (κ3) is 1.14. The molecule has 0 bridgehead atoms. The normalized spacial score (nSPS) is 26.5. The Morgan fingerprint density at radius 1 is 1.39 bits per heavy atom. The quantitative estimate of drug-likeness (QED) is 0.766. The maximum absolute atomic E-state index is 4.48. The highest BCUT2D eigenvalue weighted by atomic mass is 15.3. The number of fused-ring (bicyclic) bond motifs is 2. The molecule has 5 heteroatoms. The molecule has 4 heterocycles. The Morgan fingerprint density at radius 3 is 3.17 bits per heavy atom. The Bertz CT molecular complexity index is 644. The Balaban J connectivity index is 1.99. The van der Waals surface area contributed by atoms with Crippen LogP contribution in [0.4, 0.5) is 5.82 Å². The van der Waals surface area contributed by atoms with E-state index in [2.05, 4.69) is 38.6 Å². The molecule has 1 fully saturated rings. The van der Waals surface area contributed by atoms with Crippen LogP contribution in [0.25, 0.3) is 16.6 Å². The third-order valence-corrected chi connectivity index (χ3v) is 4.14. The smallest absolute Gasteiger partial charge is 0.186 e. The Hall–Kier alpha value is -1.91. The van der Waals surface area contributed by atoms with Gasteiger partial charge in [-0.05, 0) is 24.3 Å². The van der Waals surface area contributed by atoms with Crippen molar-refractivity contribution < 1.29 is 0 Å². The Labute approximate surface area is 105 Å². The molecule has 0 radical (unpaired) electrons. The highest BCUT2D eigenvalue weighted by Gasteiger charge is 2.36. The number of hydrogen-bond acceptors (Lipinski definition) is 4. The number of aromatic nitrogens is 4. The van der Waals surface area contributed by atoms with Gasteiger partial charge in [0.05, 0.1) is 17.1 Å². The third-order valence-electron chi connectivity index (χ3n) is 4.14. The van der Waals surface area contributed by atoms with E-state index in [9.17, 15) is 0 Å². The Kier molecular flexibility index (Phi) is 1.85. The minimum Gasteiger partial charge on any atom is -0.349 e. The van der Waals surface area contributed by atoms with Crippen molar-refractivity contribution in [2.24, 2.45) is 5.92 Å². The first-order valence-electron chi connectivity index (χ1n) is 6.40. The van der Waals surface area contributed by atoms with Crippen LogP contribution < -0.4 is 4.90 Å². The minimum atomic E-state index is 0.368. The van der Waals surface area contributed by atoms with Gasteiger partial charge in [0.25, 0.3) is 0 Å². The average molecular weight is 241 g/mol. The summed E-state index contributed by atoms with van der Waals surface area (Å²) in [7, 11) is 0. The van der Waals surface area contributed by atoms with E-state index in [0.29, 0.717) is 12.0 Å². The van der Waals surface area contributed by atoms with Gasteiger partial charge in [0.2, 0.25) is 0 Å². The molecule has 18 heavy (non-hydrogen) atoms. The van der Waals surface area contributed by atoms with Crippen LogP contribution in [0.2, 0.25) is 0 Å². The predicted octanol–water partition coefficient (Wildman–Crippen LogP) is 1.98. The van der Waals surface area contributed by atoms with Crippen molar-refractivity contribution in [1.29, 1.82) is 0 Å². The molecular formula is C13H15N5. The van der Waals surface area contributed by atoms with Gasteiger partial charge in [0, 0.05) is 6.54 Å². The zero-order valence-corrected chi connectivity index (χ0v) is 10.3. The first-order valence-corrected chi connectivity index (χ1v) is 6.40. The molecule has 0 amide bonds.